The van der Waals surface area contributed by atoms with Crippen LogP contribution in [0.1, 0.15) is 52.7 Å². The summed E-state index contributed by atoms with van der Waals surface area (Å²) in [5.74, 6) is 0.0752. The van der Waals surface area contributed by atoms with Gasteiger partial charge in [0.2, 0.25) is 0 Å². The molecular weight excluding hydrogens is 309 g/mol. The molecule has 21 heavy (non-hydrogen) atoms. The first kappa shape index (κ1) is 24.4. The van der Waals surface area contributed by atoms with E-state index < -0.39 is 7.82 Å². The minimum Gasteiger partial charge on any atom is -0.780 e. The maximum atomic E-state index is 10.7. The zero-order chi connectivity index (χ0) is 15.1. The Morgan fingerprint density at radius 1 is 0.905 bits per heavy atom. The van der Waals surface area contributed by atoms with Gasteiger partial charge in [-0.15, -0.1) is 0 Å². The quantitative estimate of drug-likeness (QED) is 0.417. The topological polar surface area (TPSA) is 72.4 Å². The van der Waals surface area contributed by atoms with Crippen molar-refractivity contribution in [3.63, 3.8) is 0 Å². The Morgan fingerprint density at radius 2 is 1.33 bits per heavy atom. The molecule has 0 saturated heterocycles. The van der Waals surface area contributed by atoms with Crippen molar-refractivity contribution in [1.82, 2.24) is 0 Å². The van der Waals surface area contributed by atoms with Crippen LogP contribution in [0, 0.1) is 0 Å². The van der Waals surface area contributed by atoms with E-state index in [1.165, 1.54) is 6.07 Å². The normalized spacial score (nSPS) is 12.2. The Bertz CT molecular complexity index is 513. The fourth-order valence-corrected chi connectivity index (χ4v) is 2.36. The van der Waals surface area contributed by atoms with Crippen molar-refractivity contribution in [2.24, 2.45) is 0 Å². The molecular formula is C14H21Na2O4P. The standard InChI is InChI=1S/C14H23O4P.2Na/c1-13(2,3)11-8-7-10(18-19(15,16)17)9-12(11)14(4,5)6;;/h7-9H,1-6H3,(H2,15,16,17);;/q;2*+1/p-2. The summed E-state index contributed by atoms with van der Waals surface area (Å²) in [5.41, 5.74) is 1.85. The molecule has 4 nitrogen and oxygen atoms in total. The summed E-state index contributed by atoms with van der Waals surface area (Å²) in [6.07, 6.45) is 0. The van der Waals surface area contributed by atoms with Crippen molar-refractivity contribution in [3.8, 4) is 5.75 Å². The predicted octanol–water partition coefficient (Wildman–Crippen LogP) is -3.50. The van der Waals surface area contributed by atoms with Crippen molar-refractivity contribution in [1.29, 1.82) is 0 Å². The van der Waals surface area contributed by atoms with Crippen molar-refractivity contribution in [3.05, 3.63) is 29.3 Å². The molecule has 1 aromatic carbocycles. The van der Waals surface area contributed by atoms with Gasteiger partial charge in [-0.05, 0) is 34.1 Å². The summed E-state index contributed by atoms with van der Waals surface area (Å²) in [6, 6.07) is 4.99. The number of phosphoric ester groups is 1. The van der Waals surface area contributed by atoms with E-state index in [0.29, 0.717) is 0 Å². The van der Waals surface area contributed by atoms with Gasteiger partial charge in [0.1, 0.15) is 13.6 Å². The first-order chi connectivity index (χ1) is 8.31. The molecule has 0 unspecified atom stereocenters. The van der Waals surface area contributed by atoms with E-state index in [9.17, 15) is 14.4 Å². The van der Waals surface area contributed by atoms with Crippen LogP contribution in [0.3, 0.4) is 0 Å². The van der Waals surface area contributed by atoms with Gasteiger partial charge in [0.15, 0.2) is 0 Å². The largest absolute Gasteiger partial charge is 1.00 e. The summed E-state index contributed by atoms with van der Waals surface area (Å²) < 4.78 is 15.1. The predicted molar refractivity (Wildman–Crippen MR) is 72.1 cm³/mol. The summed E-state index contributed by atoms with van der Waals surface area (Å²) in [6.45, 7) is 12.4. The van der Waals surface area contributed by atoms with Gasteiger partial charge >= 0.3 is 59.1 Å². The van der Waals surface area contributed by atoms with Crippen LogP contribution >= 0.6 is 7.82 Å². The molecule has 0 saturated carbocycles. The second-order valence-electron chi connectivity index (χ2n) is 6.75. The Hall–Kier alpha value is 1.17. The van der Waals surface area contributed by atoms with Gasteiger partial charge in [-0.2, -0.15) is 0 Å². The second kappa shape index (κ2) is 8.32. The van der Waals surface area contributed by atoms with Crippen LogP contribution in [0.5, 0.6) is 5.75 Å². The molecule has 0 fully saturated rings. The van der Waals surface area contributed by atoms with Gasteiger partial charge in [-0.25, -0.2) is 0 Å². The SMILES string of the molecule is CC(C)(C)c1ccc(OP(=O)([O-])[O-])cc1C(C)(C)C.[Na+].[Na+]. The van der Waals surface area contributed by atoms with Gasteiger partial charge in [0.25, 0.3) is 0 Å². The van der Waals surface area contributed by atoms with Gasteiger partial charge in [0, 0.05) is 0 Å². The number of rotatable bonds is 2. The summed E-state index contributed by atoms with van der Waals surface area (Å²) in [4.78, 5) is 21.4. The average molecular weight is 330 g/mol. The second-order valence-corrected chi connectivity index (χ2v) is 7.82. The molecule has 0 aliphatic rings. The summed E-state index contributed by atoms with van der Waals surface area (Å²) in [7, 11) is -5.02. The molecule has 0 aliphatic heterocycles. The third-order valence-corrected chi connectivity index (χ3v) is 3.26. The maximum absolute atomic E-state index is 10.7. The van der Waals surface area contributed by atoms with Crippen LogP contribution in [0.15, 0.2) is 18.2 Å². The van der Waals surface area contributed by atoms with Crippen molar-refractivity contribution in [2.75, 3.05) is 0 Å². The Kier molecular flexibility index (Phi) is 9.68. The summed E-state index contributed by atoms with van der Waals surface area (Å²) >= 11 is 0. The zero-order valence-electron chi connectivity index (χ0n) is 14.3. The van der Waals surface area contributed by atoms with E-state index in [1.807, 2.05) is 26.8 Å². The molecule has 0 aromatic heterocycles. The van der Waals surface area contributed by atoms with Crippen LogP contribution in [0.25, 0.3) is 0 Å². The third kappa shape index (κ3) is 8.01. The Labute approximate surface area is 171 Å². The van der Waals surface area contributed by atoms with Gasteiger partial charge in [-0.3, -0.25) is 0 Å². The fraction of sp³-hybridized carbons (Fsp3) is 0.571. The molecule has 0 bridgehead atoms. The van der Waals surface area contributed by atoms with Crippen molar-refractivity contribution >= 4 is 7.82 Å². The number of benzene rings is 1. The molecule has 0 radical (unpaired) electrons. The first-order valence-electron chi connectivity index (χ1n) is 6.17. The molecule has 7 heteroatoms. The molecule has 0 heterocycles. The maximum Gasteiger partial charge on any atom is 1.00 e. The molecule has 0 atom stereocenters. The minimum absolute atomic E-state index is 0. The Balaban J connectivity index is 0. The minimum atomic E-state index is -5.02. The van der Waals surface area contributed by atoms with E-state index in [4.69, 9.17) is 0 Å². The zero-order valence-corrected chi connectivity index (χ0v) is 19.2. The van der Waals surface area contributed by atoms with Gasteiger partial charge in [0.05, 0.1) is 0 Å². The fourth-order valence-electron chi connectivity index (χ4n) is 1.98. The average Bonchev–Trinajstić information content (AvgIpc) is 2.11. The van der Waals surface area contributed by atoms with Crippen molar-refractivity contribution < 1.29 is 78.0 Å². The number of hydrogen-bond donors (Lipinski definition) is 0. The molecule has 0 amide bonds. The van der Waals surface area contributed by atoms with Crippen molar-refractivity contribution in [2.45, 2.75) is 52.4 Å². The molecule has 0 spiro atoms. The molecule has 0 N–H and O–H groups in total. The monoisotopic (exact) mass is 330 g/mol. The van der Waals surface area contributed by atoms with Crippen LogP contribution < -0.4 is 73.4 Å². The third-order valence-electron chi connectivity index (χ3n) is 2.82. The first-order valence-corrected chi connectivity index (χ1v) is 7.63. The smallest absolute Gasteiger partial charge is 0.780 e. The number of phosphoric acid groups is 1. The van der Waals surface area contributed by atoms with E-state index in [1.54, 1.807) is 6.07 Å². The van der Waals surface area contributed by atoms with Crippen LogP contribution in [0.2, 0.25) is 0 Å². The van der Waals surface area contributed by atoms with Crippen LogP contribution in [-0.2, 0) is 15.4 Å². The van der Waals surface area contributed by atoms with E-state index >= 15 is 0 Å². The van der Waals surface area contributed by atoms with E-state index in [2.05, 4.69) is 25.3 Å². The summed E-state index contributed by atoms with van der Waals surface area (Å²) in [5, 5.41) is 0. The van der Waals surface area contributed by atoms with Gasteiger partial charge < -0.3 is 18.9 Å². The molecule has 108 valence electrons. The van der Waals surface area contributed by atoms with E-state index in [0.717, 1.165) is 11.1 Å². The van der Waals surface area contributed by atoms with Crippen LogP contribution in [0.4, 0.5) is 0 Å². The van der Waals surface area contributed by atoms with E-state index in [-0.39, 0.29) is 75.7 Å². The molecule has 1 aromatic rings. The molecule has 1 rings (SSSR count). The van der Waals surface area contributed by atoms with Gasteiger partial charge in [-0.1, -0.05) is 47.6 Å². The number of hydrogen-bond acceptors (Lipinski definition) is 4. The van der Waals surface area contributed by atoms with Crippen LogP contribution in [-0.4, -0.2) is 0 Å². The Morgan fingerprint density at radius 3 is 1.67 bits per heavy atom. The molecule has 0 aliphatic carbocycles.